The predicted molar refractivity (Wildman–Crippen MR) is 101 cm³/mol. The lowest BCUT2D eigenvalue weighted by Crippen LogP contribution is -2.33. The molecular formula is C21H18F2N2OS. The Bertz CT molecular complexity index is 934. The van der Waals surface area contributed by atoms with Gasteiger partial charge >= 0.3 is 0 Å². The van der Waals surface area contributed by atoms with Gasteiger partial charge in [0.05, 0.1) is 12.1 Å². The van der Waals surface area contributed by atoms with E-state index >= 15 is 0 Å². The Labute approximate surface area is 160 Å². The fraction of sp³-hybridized carbons (Fsp3) is 0.238. The van der Waals surface area contributed by atoms with E-state index in [1.165, 1.54) is 35.6 Å². The number of nitrogens with zero attached hydrogens (tertiary/aromatic N) is 2. The maximum Gasteiger partial charge on any atom is 0.229 e. The zero-order chi connectivity index (χ0) is 18.8. The average Bonchev–Trinajstić information content (AvgIpc) is 3.40. The molecule has 0 N–H and O–H groups in total. The second-order valence-electron chi connectivity index (χ2n) is 6.71. The second-order valence-corrected chi connectivity index (χ2v) is 7.57. The number of amides is 1. The molecule has 2 aromatic carbocycles. The Morgan fingerprint density at radius 1 is 1.04 bits per heavy atom. The summed E-state index contributed by atoms with van der Waals surface area (Å²) in [5, 5.41) is 2.65. The molecule has 3 nitrogen and oxygen atoms in total. The van der Waals surface area contributed by atoms with Crippen molar-refractivity contribution in [1.82, 2.24) is 9.88 Å². The van der Waals surface area contributed by atoms with Crippen molar-refractivity contribution in [2.75, 3.05) is 0 Å². The van der Waals surface area contributed by atoms with E-state index in [0.29, 0.717) is 12.2 Å². The maximum atomic E-state index is 13.1. The van der Waals surface area contributed by atoms with Gasteiger partial charge in [0.1, 0.15) is 16.6 Å². The van der Waals surface area contributed by atoms with Crippen LogP contribution in [0.25, 0.3) is 10.6 Å². The van der Waals surface area contributed by atoms with Gasteiger partial charge in [-0.1, -0.05) is 12.1 Å². The summed E-state index contributed by atoms with van der Waals surface area (Å²) in [6.07, 6.45) is 2.24. The molecule has 4 rings (SSSR count). The highest BCUT2D eigenvalue weighted by Gasteiger charge is 2.32. The molecule has 0 bridgehead atoms. The molecule has 0 unspecified atom stereocenters. The minimum Gasteiger partial charge on any atom is -0.335 e. The largest absolute Gasteiger partial charge is 0.335 e. The topological polar surface area (TPSA) is 33.2 Å². The van der Waals surface area contributed by atoms with Crippen molar-refractivity contribution in [2.45, 2.75) is 31.8 Å². The number of benzene rings is 2. The van der Waals surface area contributed by atoms with Gasteiger partial charge in [-0.25, -0.2) is 13.8 Å². The van der Waals surface area contributed by atoms with Gasteiger partial charge in [0.15, 0.2) is 0 Å². The molecule has 1 amide bonds. The molecule has 1 saturated carbocycles. The van der Waals surface area contributed by atoms with E-state index in [1.807, 2.05) is 10.3 Å². The normalized spacial score (nSPS) is 13.6. The van der Waals surface area contributed by atoms with Crippen molar-refractivity contribution in [1.29, 1.82) is 0 Å². The number of carbonyl (C=O) groups excluding carboxylic acids is 1. The molecule has 1 fully saturated rings. The van der Waals surface area contributed by atoms with E-state index in [1.54, 1.807) is 24.3 Å². The molecule has 138 valence electrons. The van der Waals surface area contributed by atoms with Gasteiger partial charge in [-0.3, -0.25) is 4.79 Å². The van der Waals surface area contributed by atoms with Crippen LogP contribution in [0, 0.1) is 11.6 Å². The zero-order valence-electron chi connectivity index (χ0n) is 14.6. The van der Waals surface area contributed by atoms with Crippen LogP contribution in [-0.4, -0.2) is 21.8 Å². The van der Waals surface area contributed by atoms with Crippen molar-refractivity contribution in [2.24, 2.45) is 0 Å². The molecule has 0 radical (unpaired) electrons. The van der Waals surface area contributed by atoms with Crippen molar-refractivity contribution >= 4 is 17.2 Å². The molecular weight excluding hydrogens is 366 g/mol. The molecule has 27 heavy (non-hydrogen) atoms. The number of rotatable bonds is 6. The summed E-state index contributed by atoms with van der Waals surface area (Å²) in [5.74, 6) is -0.539. The van der Waals surface area contributed by atoms with Crippen LogP contribution in [-0.2, 0) is 17.8 Å². The Morgan fingerprint density at radius 3 is 2.30 bits per heavy atom. The minimum absolute atomic E-state index is 0.0257. The van der Waals surface area contributed by atoms with Gasteiger partial charge in [-0.05, 0) is 54.8 Å². The summed E-state index contributed by atoms with van der Waals surface area (Å²) in [4.78, 5) is 19.2. The first-order chi connectivity index (χ1) is 13.1. The third kappa shape index (κ3) is 4.39. The highest BCUT2D eigenvalue weighted by molar-refractivity contribution is 7.13. The first kappa shape index (κ1) is 17.8. The van der Waals surface area contributed by atoms with Crippen LogP contribution in [0.1, 0.15) is 24.1 Å². The first-order valence-electron chi connectivity index (χ1n) is 8.83. The monoisotopic (exact) mass is 384 g/mol. The second kappa shape index (κ2) is 7.56. The van der Waals surface area contributed by atoms with Gasteiger partial charge in [0.25, 0.3) is 0 Å². The summed E-state index contributed by atoms with van der Waals surface area (Å²) >= 11 is 1.45. The van der Waals surface area contributed by atoms with Crippen LogP contribution < -0.4 is 0 Å². The standard InChI is InChI=1S/C21H18F2N2OS/c22-16-5-1-14(2-6-16)12-25(19-9-10-19)20(26)11-18-13-27-21(24-18)15-3-7-17(23)8-4-15/h1-8,13,19H,9-12H2. The fourth-order valence-corrected chi connectivity index (χ4v) is 3.79. The Morgan fingerprint density at radius 2 is 1.67 bits per heavy atom. The molecule has 1 heterocycles. The van der Waals surface area contributed by atoms with Gasteiger partial charge < -0.3 is 4.90 Å². The van der Waals surface area contributed by atoms with Crippen molar-refractivity contribution < 1.29 is 13.6 Å². The highest BCUT2D eigenvalue weighted by Crippen LogP contribution is 2.30. The molecule has 0 spiro atoms. The molecule has 1 aliphatic carbocycles. The number of hydrogen-bond acceptors (Lipinski definition) is 3. The van der Waals surface area contributed by atoms with Crippen LogP contribution >= 0.6 is 11.3 Å². The molecule has 1 aromatic heterocycles. The van der Waals surface area contributed by atoms with Crippen molar-refractivity contribution in [3.63, 3.8) is 0 Å². The maximum absolute atomic E-state index is 13.1. The Balaban J connectivity index is 1.45. The van der Waals surface area contributed by atoms with E-state index in [-0.39, 0.29) is 30.0 Å². The van der Waals surface area contributed by atoms with E-state index in [4.69, 9.17) is 0 Å². The summed E-state index contributed by atoms with van der Waals surface area (Å²) in [6.45, 7) is 0.485. The number of thiazole rings is 1. The summed E-state index contributed by atoms with van der Waals surface area (Å²) in [5.41, 5.74) is 2.47. The van der Waals surface area contributed by atoms with Gasteiger partial charge in [-0.15, -0.1) is 11.3 Å². The molecule has 6 heteroatoms. The first-order valence-corrected chi connectivity index (χ1v) is 9.71. The van der Waals surface area contributed by atoms with Gasteiger partial charge in [-0.2, -0.15) is 0 Å². The molecule has 0 aliphatic heterocycles. The summed E-state index contributed by atoms with van der Waals surface area (Å²) < 4.78 is 26.2. The number of hydrogen-bond donors (Lipinski definition) is 0. The number of halogens is 2. The van der Waals surface area contributed by atoms with Crippen LogP contribution in [0.15, 0.2) is 53.9 Å². The lowest BCUT2D eigenvalue weighted by Gasteiger charge is -2.22. The van der Waals surface area contributed by atoms with Crippen molar-refractivity contribution in [3.05, 3.63) is 76.8 Å². The predicted octanol–water partition coefficient (Wildman–Crippen LogP) is 4.82. The van der Waals surface area contributed by atoms with Crippen molar-refractivity contribution in [3.8, 4) is 10.6 Å². The average molecular weight is 384 g/mol. The zero-order valence-corrected chi connectivity index (χ0v) is 15.4. The third-order valence-electron chi connectivity index (χ3n) is 4.55. The molecule has 0 saturated heterocycles. The van der Waals surface area contributed by atoms with Crippen LogP contribution in [0.3, 0.4) is 0 Å². The molecule has 3 aromatic rings. The molecule has 1 aliphatic rings. The summed E-state index contributed by atoms with van der Waals surface area (Å²) in [7, 11) is 0. The third-order valence-corrected chi connectivity index (χ3v) is 5.49. The van der Waals surface area contributed by atoms with Crippen LogP contribution in [0.4, 0.5) is 8.78 Å². The van der Waals surface area contributed by atoms with Gasteiger partial charge in [0.2, 0.25) is 5.91 Å². The minimum atomic E-state index is -0.286. The Hall–Kier alpha value is -2.60. The molecule has 0 atom stereocenters. The fourth-order valence-electron chi connectivity index (χ4n) is 2.96. The number of carbonyl (C=O) groups is 1. The van der Waals surface area contributed by atoms with E-state index in [2.05, 4.69) is 4.98 Å². The number of aromatic nitrogens is 1. The highest BCUT2D eigenvalue weighted by atomic mass is 32.1. The van der Waals surface area contributed by atoms with Crippen LogP contribution in [0.2, 0.25) is 0 Å². The lowest BCUT2D eigenvalue weighted by molar-refractivity contribution is -0.131. The van der Waals surface area contributed by atoms with E-state index < -0.39 is 0 Å². The SMILES string of the molecule is O=C(Cc1csc(-c2ccc(F)cc2)n1)N(Cc1ccc(F)cc1)C1CC1. The summed E-state index contributed by atoms with van der Waals surface area (Å²) in [6, 6.07) is 12.7. The van der Waals surface area contributed by atoms with E-state index in [9.17, 15) is 13.6 Å². The Kier molecular flexibility index (Phi) is 4.99. The van der Waals surface area contributed by atoms with Crippen LogP contribution in [0.5, 0.6) is 0 Å². The van der Waals surface area contributed by atoms with E-state index in [0.717, 1.165) is 29.0 Å². The smallest absolute Gasteiger partial charge is 0.229 e. The van der Waals surface area contributed by atoms with Gasteiger partial charge in [0, 0.05) is 23.5 Å². The lowest BCUT2D eigenvalue weighted by atomic mass is 10.2. The quantitative estimate of drug-likeness (QED) is 0.610.